The first-order chi connectivity index (χ1) is 19.8. The van der Waals surface area contributed by atoms with Gasteiger partial charge in [-0.05, 0) is 52.8 Å². The number of nitrogens with one attached hydrogen (secondary N) is 1. The molecular formula is C26H31Cl2F2N9O2Si. The van der Waals surface area contributed by atoms with Gasteiger partial charge in [0.1, 0.15) is 18.0 Å². The molecular weight excluding hydrogens is 607 g/mol. The predicted molar refractivity (Wildman–Crippen MR) is 156 cm³/mol. The Morgan fingerprint density at radius 1 is 1.02 bits per heavy atom. The number of hydrogen-bond acceptors (Lipinski definition) is 7. The molecule has 0 unspecified atom stereocenters. The molecule has 4 rings (SSSR count). The molecule has 0 fully saturated rings. The highest BCUT2D eigenvalue weighted by Gasteiger charge is 2.37. The number of aromatic nitrogens is 7. The zero-order valence-corrected chi connectivity index (χ0v) is 26.3. The number of halogens is 4. The fraction of sp³-hybridized carbons (Fsp3) is 0.385. The highest BCUT2D eigenvalue weighted by Crippen LogP contribution is 2.36. The summed E-state index contributed by atoms with van der Waals surface area (Å²) in [6.07, 6.45) is 1.30. The van der Waals surface area contributed by atoms with Crippen molar-refractivity contribution in [2.45, 2.75) is 52.0 Å². The molecule has 224 valence electrons. The molecule has 16 heteroatoms. The van der Waals surface area contributed by atoms with E-state index in [1.54, 1.807) is 12.1 Å². The van der Waals surface area contributed by atoms with Gasteiger partial charge in [0.15, 0.2) is 20.0 Å². The van der Waals surface area contributed by atoms with Crippen LogP contribution in [0.4, 0.5) is 13.6 Å². The van der Waals surface area contributed by atoms with E-state index in [0.717, 1.165) is 0 Å². The van der Waals surface area contributed by atoms with Gasteiger partial charge in [0.25, 0.3) is 0 Å². The van der Waals surface area contributed by atoms with Crippen LogP contribution in [0.5, 0.6) is 0 Å². The standard InChI is InChI=1S/C26H31Cl2F2N9O2Si/c1-26(2,3)42(4,5)41-11-10-37(15-24-34-35-36-39(24)18-7-9-20(28)22(30)13-18)25(40)31-14-23-32-16-33-38(23)17-6-8-19(27)21(29)12-17/h6-9,12-13,16H,10-11,14-15H2,1-5H3,(H,31,40). The lowest BCUT2D eigenvalue weighted by Crippen LogP contribution is -2.45. The summed E-state index contributed by atoms with van der Waals surface area (Å²) in [6.45, 7) is 11.1. The van der Waals surface area contributed by atoms with Gasteiger partial charge in [0.2, 0.25) is 0 Å². The lowest BCUT2D eigenvalue weighted by atomic mass is 10.2. The third-order valence-electron chi connectivity index (χ3n) is 7.10. The summed E-state index contributed by atoms with van der Waals surface area (Å²) >= 11 is 11.6. The second kappa shape index (κ2) is 12.8. The first-order valence-corrected chi connectivity index (χ1v) is 16.7. The highest BCUT2D eigenvalue weighted by atomic mass is 35.5. The van der Waals surface area contributed by atoms with Gasteiger partial charge in [0.05, 0.1) is 41.1 Å². The Balaban J connectivity index is 1.53. The van der Waals surface area contributed by atoms with Crippen molar-refractivity contribution in [2.24, 2.45) is 0 Å². The first kappa shape index (κ1) is 31.5. The maximum absolute atomic E-state index is 14.2. The zero-order valence-electron chi connectivity index (χ0n) is 23.8. The Kier molecular flexibility index (Phi) is 9.60. The van der Waals surface area contributed by atoms with E-state index in [1.165, 1.54) is 44.9 Å². The molecule has 0 atom stereocenters. The number of benzene rings is 2. The molecule has 0 saturated heterocycles. The van der Waals surface area contributed by atoms with Crippen LogP contribution in [0.2, 0.25) is 28.2 Å². The topological polar surface area (TPSA) is 116 Å². The largest absolute Gasteiger partial charge is 0.415 e. The monoisotopic (exact) mass is 637 g/mol. The van der Waals surface area contributed by atoms with Gasteiger partial charge in [0, 0.05) is 18.7 Å². The quantitative estimate of drug-likeness (QED) is 0.226. The zero-order chi connectivity index (χ0) is 30.7. The van der Waals surface area contributed by atoms with Crippen molar-refractivity contribution in [2.75, 3.05) is 13.2 Å². The smallest absolute Gasteiger partial charge is 0.318 e. The van der Waals surface area contributed by atoms with Crippen molar-refractivity contribution in [3.8, 4) is 11.4 Å². The molecule has 0 aliphatic carbocycles. The van der Waals surface area contributed by atoms with E-state index >= 15 is 0 Å². The van der Waals surface area contributed by atoms with E-state index in [0.29, 0.717) is 23.0 Å². The average molecular weight is 639 g/mol. The molecule has 0 saturated carbocycles. The lowest BCUT2D eigenvalue weighted by Gasteiger charge is -2.36. The summed E-state index contributed by atoms with van der Waals surface area (Å²) in [5, 5.41) is 18.7. The van der Waals surface area contributed by atoms with Crippen molar-refractivity contribution in [1.82, 2.24) is 45.2 Å². The molecule has 2 aromatic heterocycles. The Morgan fingerprint density at radius 2 is 1.64 bits per heavy atom. The van der Waals surface area contributed by atoms with Gasteiger partial charge < -0.3 is 14.6 Å². The third kappa shape index (κ3) is 7.29. The molecule has 11 nitrogen and oxygen atoms in total. The third-order valence-corrected chi connectivity index (χ3v) is 12.2. The average Bonchev–Trinajstić information content (AvgIpc) is 3.59. The minimum Gasteiger partial charge on any atom is -0.415 e. The number of carbonyl (C=O) groups is 1. The molecule has 0 spiro atoms. The van der Waals surface area contributed by atoms with E-state index in [9.17, 15) is 13.6 Å². The maximum atomic E-state index is 14.2. The summed E-state index contributed by atoms with van der Waals surface area (Å²) in [5.41, 5.74) is 0.741. The van der Waals surface area contributed by atoms with Crippen LogP contribution in [0.3, 0.4) is 0 Å². The molecule has 2 amide bonds. The number of hydrogen-bond donors (Lipinski definition) is 1. The van der Waals surface area contributed by atoms with Crippen molar-refractivity contribution in [3.05, 3.63) is 76.1 Å². The summed E-state index contributed by atoms with van der Waals surface area (Å²) in [7, 11) is -2.10. The van der Waals surface area contributed by atoms with Crippen molar-refractivity contribution in [3.63, 3.8) is 0 Å². The Morgan fingerprint density at radius 3 is 2.24 bits per heavy atom. The number of carbonyl (C=O) groups excluding carboxylic acids is 1. The summed E-state index contributed by atoms with van der Waals surface area (Å²) < 4.78 is 37.3. The minimum atomic E-state index is -2.10. The second-order valence-electron chi connectivity index (χ2n) is 11.0. The second-order valence-corrected chi connectivity index (χ2v) is 16.6. The van der Waals surface area contributed by atoms with E-state index in [2.05, 4.69) is 64.8 Å². The molecule has 4 aromatic rings. The molecule has 0 radical (unpaired) electrons. The molecule has 0 bridgehead atoms. The van der Waals surface area contributed by atoms with Crippen LogP contribution in [-0.4, -0.2) is 67.4 Å². The van der Waals surface area contributed by atoms with E-state index in [1.807, 2.05) is 0 Å². The van der Waals surface area contributed by atoms with Gasteiger partial charge in [-0.3, -0.25) is 0 Å². The van der Waals surface area contributed by atoms with Crippen LogP contribution >= 0.6 is 23.2 Å². The summed E-state index contributed by atoms with van der Waals surface area (Å²) in [5.74, 6) is -0.577. The van der Waals surface area contributed by atoms with Crippen LogP contribution < -0.4 is 5.32 Å². The molecule has 2 aromatic carbocycles. The van der Waals surface area contributed by atoms with Gasteiger partial charge in [-0.2, -0.15) is 9.78 Å². The predicted octanol–water partition coefficient (Wildman–Crippen LogP) is 5.56. The van der Waals surface area contributed by atoms with Gasteiger partial charge >= 0.3 is 6.03 Å². The summed E-state index contributed by atoms with van der Waals surface area (Å²) in [4.78, 5) is 19.2. The SMILES string of the molecule is CC(C)(C)[Si](C)(C)OCCN(Cc1nnnn1-c1ccc(Cl)c(F)c1)C(=O)NCc1ncnn1-c1ccc(Cl)c(F)c1. The van der Waals surface area contributed by atoms with Gasteiger partial charge in [-0.25, -0.2) is 23.2 Å². The Bertz CT molecular complexity index is 1560. The van der Waals surface area contributed by atoms with Crippen molar-refractivity contribution >= 4 is 37.6 Å². The van der Waals surface area contributed by atoms with Crippen molar-refractivity contribution < 1.29 is 18.0 Å². The normalized spacial score (nSPS) is 12.0. The molecule has 0 aliphatic rings. The van der Waals surface area contributed by atoms with Crippen molar-refractivity contribution in [1.29, 1.82) is 0 Å². The molecule has 0 aliphatic heterocycles. The Labute approximate surface area is 252 Å². The highest BCUT2D eigenvalue weighted by molar-refractivity contribution is 6.74. The van der Waals surface area contributed by atoms with E-state index in [4.69, 9.17) is 27.6 Å². The van der Waals surface area contributed by atoms with Crippen LogP contribution in [0, 0.1) is 11.6 Å². The number of tetrazole rings is 1. The summed E-state index contributed by atoms with van der Waals surface area (Å²) in [6, 6.07) is 7.96. The van der Waals surface area contributed by atoms with Gasteiger partial charge in [-0.15, -0.1) is 5.10 Å². The van der Waals surface area contributed by atoms with Crippen LogP contribution in [0.25, 0.3) is 11.4 Å². The maximum Gasteiger partial charge on any atom is 0.318 e. The van der Waals surface area contributed by atoms with Crippen LogP contribution in [-0.2, 0) is 17.5 Å². The Hall–Kier alpha value is -3.46. The van der Waals surface area contributed by atoms with Crippen LogP contribution in [0.15, 0.2) is 42.7 Å². The number of amides is 2. The van der Waals surface area contributed by atoms with Crippen LogP contribution in [0.1, 0.15) is 32.4 Å². The van der Waals surface area contributed by atoms with Gasteiger partial charge in [-0.1, -0.05) is 44.0 Å². The number of nitrogens with zero attached hydrogens (tertiary/aromatic N) is 8. The first-order valence-electron chi connectivity index (χ1n) is 13.0. The molecule has 2 heterocycles. The fourth-order valence-electron chi connectivity index (χ4n) is 3.66. The molecule has 1 N–H and O–H groups in total. The van der Waals surface area contributed by atoms with E-state index in [-0.39, 0.29) is 41.3 Å². The lowest BCUT2D eigenvalue weighted by molar-refractivity contribution is 0.172. The number of urea groups is 1. The molecule has 42 heavy (non-hydrogen) atoms. The number of rotatable bonds is 10. The van der Waals surface area contributed by atoms with E-state index < -0.39 is 26.0 Å². The fourth-order valence-corrected chi connectivity index (χ4v) is 4.93. The minimum absolute atomic E-state index is 0.0149.